The molecule has 0 aromatic rings. The molecule has 402 valence electrons. The first kappa shape index (κ1) is 60.1. The van der Waals surface area contributed by atoms with Crippen LogP contribution < -0.4 is 4.72 Å². The summed E-state index contributed by atoms with van der Waals surface area (Å²) in [7, 11) is 0.572. The average Bonchev–Trinajstić information content (AvgIpc) is 3.86. The van der Waals surface area contributed by atoms with Crippen molar-refractivity contribution < 1.29 is 66.3 Å². The molecule has 71 heavy (non-hydrogen) atoms. The smallest absolute Gasteiger partial charge is 0.328 e. The topological polar surface area (TPSA) is 221 Å². The Morgan fingerprint density at radius 2 is 1.56 bits per heavy atom. The second-order valence-corrected chi connectivity index (χ2v) is 23.0. The molecule has 0 aromatic heterocycles. The van der Waals surface area contributed by atoms with E-state index in [-0.39, 0.29) is 54.9 Å². The Kier molecular flexibility index (Phi) is 23.5. The Morgan fingerprint density at radius 3 is 2.21 bits per heavy atom. The third-order valence-corrected chi connectivity index (χ3v) is 16.3. The highest BCUT2D eigenvalue weighted by molar-refractivity contribution is 7.88. The number of aliphatic hydroxyl groups is 2. The zero-order chi connectivity index (χ0) is 52.8. The van der Waals surface area contributed by atoms with Gasteiger partial charge in [0.2, 0.25) is 15.8 Å². The van der Waals surface area contributed by atoms with Gasteiger partial charge in [-0.15, -0.1) is 0 Å². The highest BCUT2D eigenvalue weighted by Crippen LogP contribution is 2.38. The van der Waals surface area contributed by atoms with Gasteiger partial charge in [-0.1, -0.05) is 82.6 Å². The fourth-order valence-corrected chi connectivity index (χ4v) is 11.3. The van der Waals surface area contributed by atoms with E-state index in [1.165, 1.54) is 46.8 Å². The zero-order valence-electron chi connectivity index (χ0n) is 44.3. The number of amides is 1. The number of esters is 1. The van der Waals surface area contributed by atoms with Crippen LogP contribution >= 0.6 is 0 Å². The lowest BCUT2D eigenvalue weighted by Gasteiger charge is -2.42. The number of sulfonamides is 1. The van der Waals surface area contributed by atoms with Crippen molar-refractivity contribution >= 4 is 39.2 Å². The van der Waals surface area contributed by atoms with Crippen molar-refractivity contribution in [1.82, 2.24) is 9.62 Å². The number of nitrogens with zero attached hydrogens (tertiary/aromatic N) is 1. The van der Waals surface area contributed by atoms with Crippen LogP contribution in [-0.2, 0) is 57.7 Å². The number of fused-ring (bicyclic) bond motifs is 2. The first-order valence-corrected chi connectivity index (χ1v) is 27.8. The minimum Gasteiger partial charge on any atom is -0.460 e. The Morgan fingerprint density at radius 1 is 0.873 bits per heavy atom. The van der Waals surface area contributed by atoms with Crippen molar-refractivity contribution in [2.24, 2.45) is 35.5 Å². The minimum atomic E-state index is -3.73. The second-order valence-electron chi connectivity index (χ2n) is 21.3. The first-order chi connectivity index (χ1) is 33.4. The van der Waals surface area contributed by atoms with Crippen LogP contribution in [0.15, 0.2) is 47.6 Å². The van der Waals surface area contributed by atoms with E-state index in [2.05, 4.69) is 4.72 Å². The van der Waals surface area contributed by atoms with E-state index in [9.17, 15) is 42.6 Å². The monoisotopic (exact) mass is 1020 g/mol. The Labute approximate surface area is 423 Å². The number of hydrogen-bond donors (Lipinski definition) is 3. The summed E-state index contributed by atoms with van der Waals surface area (Å²) in [6.07, 6.45) is 16.3. The van der Waals surface area contributed by atoms with Gasteiger partial charge in [0.05, 0.1) is 24.6 Å². The summed E-state index contributed by atoms with van der Waals surface area (Å²) in [4.78, 5) is 70.9. The lowest BCUT2D eigenvalue weighted by atomic mass is 9.78. The van der Waals surface area contributed by atoms with Crippen molar-refractivity contribution in [3.8, 4) is 0 Å². The van der Waals surface area contributed by atoms with Crippen molar-refractivity contribution in [2.75, 3.05) is 34.1 Å². The molecule has 0 aromatic carbocycles. The lowest BCUT2D eigenvalue weighted by Crippen LogP contribution is -2.59. The molecule has 0 radical (unpaired) electrons. The summed E-state index contributed by atoms with van der Waals surface area (Å²) in [5.41, 5.74) is 0.984. The van der Waals surface area contributed by atoms with Gasteiger partial charge in [-0.2, -0.15) is 0 Å². The second kappa shape index (κ2) is 27.8. The Balaban J connectivity index is 1.65. The molecule has 1 amide bonds. The third-order valence-electron chi connectivity index (χ3n) is 15.6. The van der Waals surface area contributed by atoms with Gasteiger partial charge < -0.3 is 38.8 Å². The van der Waals surface area contributed by atoms with E-state index in [1.54, 1.807) is 72.1 Å². The molecular formula is C54H86N2O14S. The summed E-state index contributed by atoms with van der Waals surface area (Å²) in [5, 5.41) is 23.3. The molecule has 3 fully saturated rings. The molecule has 17 heteroatoms. The van der Waals surface area contributed by atoms with E-state index < -0.39 is 87.7 Å². The predicted molar refractivity (Wildman–Crippen MR) is 270 cm³/mol. The maximum Gasteiger partial charge on any atom is 0.328 e. The Hall–Kier alpha value is -3.42. The van der Waals surface area contributed by atoms with Crippen LogP contribution in [0.1, 0.15) is 138 Å². The molecular weight excluding hydrogens is 933 g/mol. The minimum absolute atomic E-state index is 0.0261. The molecule has 2 aliphatic carbocycles. The number of Topliss-reactive ketones (excluding diaryl/α,β-unsaturated/α-hetero) is 3. The number of carbonyl (C=O) groups excluding carboxylic acids is 5. The van der Waals surface area contributed by atoms with Gasteiger partial charge >= 0.3 is 5.97 Å². The van der Waals surface area contributed by atoms with Gasteiger partial charge in [-0.25, -0.2) is 17.9 Å². The number of nitrogens with one attached hydrogen (secondary N) is 1. The van der Waals surface area contributed by atoms with E-state index in [4.69, 9.17) is 23.7 Å². The molecule has 2 saturated carbocycles. The van der Waals surface area contributed by atoms with E-state index in [1.807, 2.05) is 13.0 Å². The first-order valence-electron chi connectivity index (χ1n) is 25.9. The van der Waals surface area contributed by atoms with Crippen LogP contribution in [0.2, 0.25) is 0 Å². The van der Waals surface area contributed by atoms with Gasteiger partial charge in [-0.3, -0.25) is 19.2 Å². The lowest BCUT2D eigenvalue weighted by molar-refractivity contribution is -0.263. The summed E-state index contributed by atoms with van der Waals surface area (Å²) >= 11 is 0. The number of allylic oxidation sites excluding steroid dienone is 6. The molecule has 2 bridgehead atoms. The summed E-state index contributed by atoms with van der Waals surface area (Å²) in [5.74, 6) is -8.16. The molecule has 1 saturated heterocycles. The third kappa shape index (κ3) is 17.3. The summed E-state index contributed by atoms with van der Waals surface area (Å²) < 4.78 is 57.8. The van der Waals surface area contributed by atoms with Crippen molar-refractivity contribution in [1.29, 1.82) is 0 Å². The van der Waals surface area contributed by atoms with Gasteiger partial charge in [-0.05, 0) is 115 Å². The number of hydrogen-bond acceptors (Lipinski definition) is 14. The van der Waals surface area contributed by atoms with Crippen molar-refractivity contribution in [3.63, 3.8) is 0 Å². The maximum absolute atomic E-state index is 14.2. The summed E-state index contributed by atoms with van der Waals surface area (Å²) in [6.45, 7) is 12.4. The standard InChI is InChI=1S/C54H86N2O14S/c1-33-19-15-13-12-14-16-20-34(2)48(58)50(67-10)49(59)37(5)27-35(3)44(57)31-46(36(4)28-41-24-26-45(47(29-41)66-9)68-32-40-21-17-18-22-40)69-53(62)39(7)56(8)52(61)51(60)54(63)38(6)23-25-42(70-54)30-43(33)55-71(11,64)65/h12-15,19,27,34-36,38-43,45-47,49-50,55,59,63H,16-18,20-26,28-32H2,1-11H3/b14-12-,15-13-,33-19-,37-27-/t34?,35?,36-,38+,39?,41+,42-,43+,45-,46?,47-,49?,50?,54+/m1/s1. The van der Waals surface area contributed by atoms with Gasteiger partial charge in [0.1, 0.15) is 30.1 Å². The van der Waals surface area contributed by atoms with Crippen molar-refractivity contribution in [2.45, 2.75) is 193 Å². The predicted octanol–water partition coefficient (Wildman–Crippen LogP) is 6.52. The maximum atomic E-state index is 14.2. The van der Waals surface area contributed by atoms with E-state index in [0.29, 0.717) is 42.7 Å². The number of carbonyl (C=O) groups is 5. The van der Waals surface area contributed by atoms with Crippen LogP contribution in [-0.4, -0.2) is 141 Å². The fraction of sp³-hybridized carbons (Fsp3) is 0.759. The quantitative estimate of drug-likeness (QED) is 0.121. The van der Waals surface area contributed by atoms with Crippen LogP contribution in [0.5, 0.6) is 0 Å². The largest absolute Gasteiger partial charge is 0.460 e. The van der Waals surface area contributed by atoms with Crippen molar-refractivity contribution in [3.05, 3.63) is 47.6 Å². The number of methoxy groups -OCH3 is 2. The molecule has 0 spiro atoms. The molecule has 14 atom stereocenters. The van der Waals surface area contributed by atoms with Crippen LogP contribution in [0.3, 0.4) is 0 Å². The van der Waals surface area contributed by atoms with E-state index in [0.717, 1.165) is 37.0 Å². The number of ether oxygens (including phenoxy) is 5. The van der Waals surface area contributed by atoms with Crippen LogP contribution in [0.4, 0.5) is 0 Å². The SMILES string of the molecule is COC1C(=O)C(C)CC\C=C/C=C\C=C(\C)[C@@H](NS(C)(=O)=O)C[C@H]2CC[C@H](C)[C@](O)(O2)C(=O)C(=O)N(C)C(C)C(=O)OC([C@H](C)C[C@@H]2CC[C@@H](OCC3CCCC3)[C@H](OC)C2)CC(=O)C(C)/C=C(/C)C1O. The molecule has 2 aliphatic heterocycles. The molecule has 16 nitrogen and oxygen atoms in total. The average molecular weight is 1020 g/mol. The summed E-state index contributed by atoms with van der Waals surface area (Å²) in [6, 6.07) is -2.13. The highest BCUT2D eigenvalue weighted by Gasteiger charge is 2.52. The Bertz CT molecular complexity index is 2050. The van der Waals surface area contributed by atoms with Gasteiger partial charge in [0, 0.05) is 58.1 Å². The van der Waals surface area contributed by atoms with Gasteiger partial charge in [0.15, 0.2) is 5.78 Å². The number of ketones is 3. The van der Waals surface area contributed by atoms with Gasteiger partial charge in [0.25, 0.3) is 11.7 Å². The molecule has 4 aliphatic rings. The molecule has 3 N–H and O–H groups in total. The normalized spacial score (nSPS) is 37.6. The molecule has 4 rings (SSSR count). The number of aliphatic hydroxyl groups excluding tert-OH is 1. The highest BCUT2D eigenvalue weighted by atomic mass is 32.2. The fourth-order valence-electron chi connectivity index (χ4n) is 10.5. The number of cyclic esters (lactones) is 1. The van der Waals surface area contributed by atoms with Crippen LogP contribution in [0, 0.1) is 35.5 Å². The molecule has 2 heterocycles. The number of rotatable bonds is 10. The number of likely N-dealkylation sites (N-methyl/N-ethyl adjacent to an activating group) is 1. The molecule has 6 unspecified atom stereocenters. The van der Waals surface area contributed by atoms with Crippen LogP contribution in [0.25, 0.3) is 0 Å². The zero-order valence-corrected chi connectivity index (χ0v) is 45.1. The van der Waals surface area contributed by atoms with E-state index >= 15 is 0 Å².